The maximum atomic E-state index is 5.87. The van der Waals surface area contributed by atoms with Gasteiger partial charge in [0.15, 0.2) is 0 Å². The second kappa shape index (κ2) is 4.37. The van der Waals surface area contributed by atoms with Gasteiger partial charge in [0, 0.05) is 25.5 Å². The minimum absolute atomic E-state index is 0.518. The van der Waals surface area contributed by atoms with Crippen molar-refractivity contribution in [3.63, 3.8) is 0 Å². The normalized spacial score (nSPS) is 28.2. The van der Waals surface area contributed by atoms with E-state index in [1.807, 2.05) is 0 Å². The van der Waals surface area contributed by atoms with Crippen molar-refractivity contribution in [3.05, 3.63) is 24.0 Å². The standard InChI is InChI=1S/C12H21N3/c1-14-7-5-11(9-14)12-10(8-13)4-3-6-15(12)2/h5,7,9-10,12H,3-4,6,8,13H2,1-2H3/t10-,12+/m1/s1. The Morgan fingerprint density at radius 1 is 1.47 bits per heavy atom. The first-order valence-corrected chi connectivity index (χ1v) is 5.74. The molecule has 1 aliphatic heterocycles. The molecule has 1 aliphatic rings. The number of aryl methyl sites for hydroxylation is 1. The van der Waals surface area contributed by atoms with Crippen molar-refractivity contribution in [1.29, 1.82) is 0 Å². The van der Waals surface area contributed by atoms with Crippen LogP contribution in [-0.4, -0.2) is 29.6 Å². The van der Waals surface area contributed by atoms with Crippen molar-refractivity contribution in [3.8, 4) is 0 Å². The van der Waals surface area contributed by atoms with E-state index in [1.165, 1.54) is 24.9 Å². The fourth-order valence-corrected chi connectivity index (χ4v) is 2.73. The molecule has 0 aliphatic carbocycles. The van der Waals surface area contributed by atoms with Crippen LogP contribution in [0, 0.1) is 5.92 Å². The lowest BCUT2D eigenvalue weighted by Crippen LogP contribution is -2.39. The molecule has 2 rings (SSSR count). The van der Waals surface area contributed by atoms with Gasteiger partial charge in [-0.05, 0) is 50.5 Å². The Morgan fingerprint density at radius 3 is 2.87 bits per heavy atom. The Kier molecular flexibility index (Phi) is 3.12. The van der Waals surface area contributed by atoms with E-state index in [-0.39, 0.29) is 0 Å². The molecule has 0 aromatic carbocycles. The zero-order valence-corrected chi connectivity index (χ0v) is 9.69. The Morgan fingerprint density at radius 2 is 2.27 bits per heavy atom. The van der Waals surface area contributed by atoms with E-state index in [1.54, 1.807) is 0 Å². The van der Waals surface area contributed by atoms with E-state index >= 15 is 0 Å². The van der Waals surface area contributed by atoms with Crippen LogP contribution in [-0.2, 0) is 7.05 Å². The van der Waals surface area contributed by atoms with Gasteiger partial charge in [-0.15, -0.1) is 0 Å². The summed E-state index contributed by atoms with van der Waals surface area (Å²) in [4.78, 5) is 2.44. The zero-order valence-electron chi connectivity index (χ0n) is 9.69. The topological polar surface area (TPSA) is 34.2 Å². The average molecular weight is 207 g/mol. The molecule has 3 heteroatoms. The van der Waals surface area contributed by atoms with Gasteiger partial charge in [0.2, 0.25) is 0 Å². The lowest BCUT2D eigenvalue weighted by atomic mass is 9.86. The number of hydrogen-bond donors (Lipinski definition) is 1. The van der Waals surface area contributed by atoms with Gasteiger partial charge in [0.25, 0.3) is 0 Å². The molecule has 0 spiro atoms. The quantitative estimate of drug-likeness (QED) is 0.794. The minimum atomic E-state index is 0.518. The van der Waals surface area contributed by atoms with Gasteiger partial charge in [0.05, 0.1) is 0 Å². The van der Waals surface area contributed by atoms with Gasteiger partial charge < -0.3 is 10.3 Å². The summed E-state index contributed by atoms with van der Waals surface area (Å²) in [5, 5.41) is 0. The van der Waals surface area contributed by atoms with Crippen LogP contribution >= 0.6 is 0 Å². The summed E-state index contributed by atoms with van der Waals surface area (Å²) in [7, 11) is 4.28. The summed E-state index contributed by atoms with van der Waals surface area (Å²) < 4.78 is 2.12. The highest BCUT2D eigenvalue weighted by atomic mass is 15.1. The van der Waals surface area contributed by atoms with Crippen LogP contribution in [0.1, 0.15) is 24.4 Å². The third-order valence-electron chi connectivity index (χ3n) is 3.51. The smallest absolute Gasteiger partial charge is 0.0400 e. The number of nitrogens with zero attached hydrogens (tertiary/aromatic N) is 2. The average Bonchev–Trinajstić information content (AvgIpc) is 2.64. The summed E-state index contributed by atoms with van der Waals surface area (Å²) in [5.41, 5.74) is 7.28. The van der Waals surface area contributed by atoms with Crippen LogP contribution in [0.15, 0.2) is 18.5 Å². The van der Waals surface area contributed by atoms with Crippen molar-refractivity contribution in [2.75, 3.05) is 20.1 Å². The number of rotatable bonds is 2. The summed E-state index contributed by atoms with van der Waals surface area (Å²) in [5.74, 6) is 0.617. The maximum Gasteiger partial charge on any atom is 0.0400 e. The van der Waals surface area contributed by atoms with Gasteiger partial charge in [-0.2, -0.15) is 0 Å². The van der Waals surface area contributed by atoms with E-state index in [4.69, 9.17) is 5.73 Å². The van der Waals surface area contributed by atoms with Crippen molar-refractivity contribution < 1.29 is 0 Å². The molecule has 0 saturated carbocycles. The van der Waals surface area contributed by atoms with Crippen LogP contribution in [0.4, 0.5) is 0 Å². The van der Waals surface area contributed by atoms with Crippen LogP contribution in [0.5, 0.6) is 0 Å². The molecule has 15 heavy (non-hydrogen) atoms. The third-order valence-corrected chi connectivity index (χ3v) is 3.51. The lowest BCUT2D eigenvalue weighted by Gasteiger charge is -2.38. The molecule has 84 valence electrons. The predicted octanol–water partition coefficient (Wildman–Crippen LogP) is 1.37. The molecule has 0 amide bonds. The first-order chi connectivity index (χ1) is 7.22. The van der Waals surface area contributed by atoms with Crippen LogP contribution in [0.25, 0.3) is 0 Å². The molecule has 2 N–H and O–H groups in total. The SMILES string of the molecule is CN1CCC[C@H](CN)[C@H]1c1ccn(C)c1. The Bertz CT molecular complexity index is 318. The molecular formula is C12H21N3. The molecule has 0 unspecified atom stereocenters. The Labute approximate surface area is 91.9 Å². The highest BCUT2D eigenvalue weighted by Gasteiger charge is 2.29. The van der Waals surface area contributed by atoms with Crippen LogP contribution in [0.3, 0.4) is 0 Å². The maximum absolute atomic E-state index is 5.87. The molecule has 2 heterocycles. The van der Waals surface area contributed by atoms with E-state index in [2.05, 4.69) is 42.0 Å². The Hall–Kier alpha value is -0.800. The second-order valence-electron chi connectivity index (χ2n) is 4.67. The lowest BCUT2D eigenvalue weighted by molar-refractivity contribution is 0.125. The highest BCUT2D eigenvalue weighted by molar-refractivity contribution is 5.17. The first-order valence-electron chi connectivity index (χ1n) is 5.74. The molecule has 0 radical (unpaired) electrons. The molecule has 1 aromatic rings. The van der Waals surface area contributed by atoms with Crippen LogP contribution in [0.2, 0.25) is 0 Å². The minimum Gasteiger partial charge on any atom is -0.357 e. The van der Waals surface area contributed by atoms with E-state index in [0.29, 0.717) is 12.0 Å². The van der Waals surface area contributed by atoms with Gasteiger partial charge in [-0.1, -0.05) is 0 Å². The van der Waals surface area contributed by atoms with Gasteiger partial charge in [-0.25, -0.2) is 0 Å². The second-order valence-corrected chi connectivity index (χ2v) is 4.67. The highest BCUT2D eigenvalue weighted by Crippen LogP contribution is 2.34. The fraction of sp³-hybridized carbons (Fsp3) is 0.667. The number of aromatic nitrogens is 1. The van der Waals surface area contributed by atoms with Crippen molar-refractivity contribution in [2.24, 2.45) is 18.7 Å². The molecule has 1 aromatic heterocycles. The monoisotopic (exact) mass is 207 g/mol. The summed E-state index contributed by atoms with van der Waals surface area (Å²) in [6, 6.07) is 2.74. The summed E-state index contributed by atoms with van der Waals surface area (Å²) in [6.45, 7) is 1.99. The van der Waals surface area contributed by atoms with E-state index < -0.39 is 0 Å². The summed E-state index contributed by atoms with van der Waals surface area (Å²) in [6.07, 6.45) is 6.88. The number of nitrogens with two attached hydrogens (primary N) is 1. The largest absolute Gasteiger partial charge is 0.357 e. The predicted molar refractivity (Wildman–Crippen MR) is 62.6 cm³/mol. The molecule has 3 nitrogen and oxygen atoms in total. The van der Waals surface area contributed by atoms with Gasteiger partial charge in [0.1, 0.15) is 0 Å². The molecule has 1 saturated heterocycles. The van der Waals surface area contributed by atoms with Gasteiger partial charge >= 0.3 is 0 Å². The molecular weight excluding hydrogens is 186 g/mol. The van der Waals surface area contributed by atoms with E-state index in [9.17, 15) is 0 Å². The fourth-order valence-electron chi connectivity index (χ4n) is 2.73. The summed E-state index contributed by atoms with van der Waals surface area (Å²) >= 11 is 0. The first kappa shape index (κ1) is 10.7. The van der Waals surface area contributed by atoms with Crippen molar-refractivity contribution >= 4 is 0 Å². The van der Waals surface area contributed by atoms with Gasteiger partial charge in [-0.3, -0.25) is 4.90 Å². The number of likely N-dealkylation sites (tertiary alicyclic amines) is 1. The number of hydrogen-bond acceptors (Lipinski definition) is 2. The van der Waals surface area contributed by atoms with Crippen molar-refractivity contribution in [1.82, 2.24) is 9.47 Å². The van der Waals surface area contributed by atoms with Crippen LogP contribution < -0.4 is 5.73 Å². The Balaban J connectivity index is 2.22. The molecule has 2 atom stereocenters. The molecule has 0 bridgehead atoms. The zero-order chi connectivity index (χ0) is 10.8. The van der Waals surface area contributed by atoms with E-state index in [0.717, 1.165) is 6.54 Å². The third kappa shape index (κ3) is 2.08. The molecule has 1 fully saturated rings. The van der Waals surface area contributed by atoms with Crippen molar-refractivity contribution in [2.45, 2.75) is 18.9 Å². The number of piperidine rings is 1.